The summed E-state index contributed by atoms with van der Waals surface area (Å²) in [5, 5.41) is 5.73. The molecule has 0 spiro atoms. The molecule has 4 aromatic rings. The fourth-order valence-corrected chi connectivity index (χ4v) is 6.64. The first-order chi connectivity index (χ1) is 24.4. The Hall–Kier alpha value is -5.19. The number of aromatic nitrogens is 4. The molecular weight excluding hydrogens is 677 g/mol. The number of amides is 1. The summed E-state index contributed by atoms with van der Waals surface area (Å²) in [5.74, 6) is 1.42. The summed E-state index contributed by atoms with van der Waals surface area (Å²) in [4.78, 5) is 46.3. The van der Waals surface area contributed by atoms with Gasteiger partial charge in [0.05, 0.1) is 18.8 Å². The average Bonchev–Trinajstić information content (AvgIpc) is 3.78. The molecule has 1 fully saturated rings. The maximum Gasteiger partial charge on any atom is 0.419 e. The largest absolute Gasteiger partial charge is 0.489 e. The first kappa shape index (κ1) is 35.6. The molecule has 51 heavy (non-hydrogen) atoms. The van der Waals surface area contributed by atoms with Gasteiger partial charge in [-0.25, -0.2) is 23.9 Å². The standard InChI is InChI=1S/C35H42N6O9Si/c1-35(2,3)51(4,5)50-26-18-29(49-28(26)21-47-34(44)40-16-14-36-22-40)41-19-27-31(39-32(41)42)38-30-24(12-9-13-25(30)48-27)45-17-15-37-33(43)46-20-23-10-7-6-8-11-23/h6-14,16,19,22,26,28-29H,15,17-18,20-21H2,1-5H3,(H,37,43)(H,38,39,42)/t26-,28-,29-/m1/s1. The van der Waals surface area contributed by atoms with Crippen LogP contribution in [0.25, 0.3) is 0 Å². The normalized spacial score (nSPS) is 18.1. The van der Waals surface area contributed by atoms with Crippen LogP contribution in [0.1, 0.15) is 39.0 Å². The molecule has 2 aromatic carbocycles. The SMILES string of the molecule is CC(C)(C)[Si](C)(C)O[C@@H]1C[C@H](n2cc3c(nc2=O)Nc2c(OCCNC(=O)OCc4ccccc4)cccc2O3)O[C@@H]1COC(=O)n1ccnc1. The van der Waals surface area contributed by atoms with Gasteiger partial charge >= 0.3 is 17.9 Å². The lowest BCUT2D eigenvalue weighted by atomic mass is 10.2. The number of nitrogens with one attached hydrogen (secondary N) is 2. The second kappa shape index (κ2) is 15.0. The van der Waals surface area contributed by atoms with Crippen molar-refractivity contribution in [1.29, 1.82) is 0 Å². The maximum absolute atomic E-state index is 13.4. The van der Waals surface area contributed by atoms with E-state index in [1.54, 1.807) is 24.4 Å². The van der Waals surface area contributed by atoms with Gasteiger partial charge in [-0.05, 0) is 35.8 Å². The van der Waals surface area contributed by atoms with Gasteiger partial charge in [-0.3, -0.25) is 4.57 Å². The monoisotopic (exact) mass is 718 g/mol. The Kier molecular flexibility index (Phi) is 10.5. The van der Waals surface area contributed by atoms with Crippen molar-refractivity contribution < 1.29 is 37.7 Å². The van der Waals surface area contributed by atoms with Gasteiger partial charge < -0.3 is 38.7 Å². The molecule has 16 heteroatoms. The Morgan fingerprint density at radius 3 is 2.63 bits per heavy atom. The van der Waals surface area contributed by atoms with Gasteiger partial charge in [-0.15, -0.1) is 0 Å². The van der Waals surface area contributed by atoms with E-state index in [4.69, 9.17) is 28.1 Å². The number of ether oxygens (including phenoxy) is 5. The summed E-state index contributed by atoms with van der Waals surface area (Å²) in [6, 6.07) is 14.7. The highest BCUT2D eigenvalue weighted by Crippen LogP contribution is 2.46. The molecule has 0 radical (unpaired) electrons. The molecule has 15 nitrogen and oxygen atoms in total. The number of anilines is 2. The summed E-state index contributed by atoms with van der Waals surface area (Å²) in [5.41, 5.74) is 0.800. The molecule has 3 atom stereocenters. The first-order valence-electron chi connectivity index (χ1n) is 16.6. The van der Waals surface area contributed by atoms with E-state index in [9.17, 15) is 14.4 Å². The van der Waals surface area contributed by atoms with Crippen LogP contribution in [0, 0.1) is 0 Å². The van der Waals surface area contributed by atoms with Crippen LogP contribution >= 0.6 is 0 Å². The minimum atomic E-state index is -2.28. The number of fused-ring (bicyclic) bond motifs is 2. The summed E-state index contributed by atoms with van der Waals surface area (Å²) in [6.07, 6.45) is 3.21. The van der Waals surface area contributed by atoms with Crippen LogP contribution < -0.4 is 25.8 Å². The highest BCUT2D eigenvalue weighted by Gasteiger charge is 2.46. The van der Waals surface area contributed by atoms with Crippen LogP contribution in [0.5, 0.6) is 17.2 Å². The number of alkyl carbamates (subject to hydrolysis) is 1. The summed E-state index contributed by atoms with van der Waals surface area (Å²) >= 11 is 0. The van der Waals surface area contributed by atoms with Crippen LogP contribution in [0.15, 0.2) is 78.2 Å². The van der Waals surface area contributed by atoms with Crippen molar-refractivity contribution in [2.45, 2.75) is 70.4 Å². The van der Waals surface area contributed by atoms with Crippen LogP contribution in [0.3, 0.4) is 0 Å². The predicted octanol–water partition coefficient (Wildman–Crippen LogP) is 5.96. The number of rotatable bonds is 11. The molecule has 0 aliphatic carbocycles. The molecule has 1 saturated heterocycles. The van der Waals surface area contributed by atoms with Crippen LogP contribution in [-0.4, -0.2) is 71.6 Å². The number of imidazole rings is 1. The smallest absolute Gasteiger partial charge is 0.419 e. The van der Waals surface area contributed by atoms with E-state index in [2.05, 4.69) is 54.5 Å². The Balaban J connectivity index is 1.11. The molecule has 6 rings (SSSR count). The third-order valence-corrected chi connectivity index (χ3v) is 13.5. The fraction of sp³-hybridized carbons (Fsp3) is 0.400. The Morgan fingerprint density at radius 2 is 1.88 bits per heavy atom. The summed E-state index contributed by atoms with van der Waals surface area (Å²) in [7, 11) is -2.28. The lowest BCUT2D eigenvalue weighted by Crippen LogP contribution is -2.46. The van der Waals surface area contributed by atoms with Gasteiger partial charge in [0, 0.05) is 18.8 Å². The third kappa shape index (κ3) is 8.41. The maximum atomic E-state index is 13.4. The van der Waals surface area contributed by atoms with Crippen molar-refractivity contribution >= 4 is 32.0 Å². The Labute approximate surface area is 295 Å². The molecule has 0 bridgehead atoms. The minimum absolute atomic E-state index is 0.0848. The molecular formula is C35H42N6O9Si. The zero-order valence-electron chi connectivity index (χ0n) is 29.2. The van der Waals surface area contributed by atoms with E-state index in [0.29, 0.717) is 29.4 Å². The Bertz CT molecular complexity index is 1900. The zero-order chi connectivity index (χ0) is 36.2. The van der Waals surface area contributed by atoms with Gasteiger partial charge in [-0.2, -0.15) is 4.98 Å². The third-order valence-electron chi connectivity index (χ3n) is 9.04. The predicted molar refractivity (Wildman–Crippen MR) is 188 cm³/mol. The molecule has 2 aromatic heterocycles. The van der Waals surface area contributed by atoms with Crippen molar-refractivity contribution in [3.05, 3.63) is 89.5 Å². The second-order valence-corrected chi connectivity index (χ2v) is 18.4. The molecule has 4 heterocycles. The molecule has 270 valence electrons. The first-order valence-corrected chi connectivity index (χ1v) is 19.6. The van der Waals surface area contributed by atoms with E-state index < -0.39 is 44.6 Å². The molecule has 2 aliphatic rings. The number of para-hydroxylation sites is 1. The van der Waals surface area contributed by atoms with E-state index in [1.807, 2.05) is 30.3 Å². The van der Waals surface area contributed by atoms with Gasteiger partial charge in [-0.1, -0.05) is 57.2 Å². The van der Waals surface area contributed by atoms with E-state index >= 15 is 0 Å². The molecule has 0 unspecified atom stereocenters. The minimum Gasteiger partial charge on any atom is -0.489 e. The van der Waals surface area contributed by atoms with E-state index in [0.717, 1.165) is 5.56 Å². The van der Waals surface area contributed by atoms with Crippen molar-refractivity contribution in [3.8, 4) is 17.2 Å². The van der Waals surface area contributed by atoms with E-state index in [-0.39, 0.29) is 37.2 Å². The highest BCUT2D eigenvalue weighted by molar-refractivity contribution is 6.74. The molecule has 2 aliphatic heterocycles. The van der Waals surface area contributed by atoms with Crippen LogP contribution in [0.2, 0.25) is 18.1 Å². The second-order valence-electron chi connectivity index (χ2n) is 13.7. The average molecular weight is 719 g/mol. The van der Waals surface area contributed by atoms with E-state index in [1.165, 1.54) is 27.9 Å². The van der Waals surface area contributed by atoms with Crippen LogP contribution in [-0.2, 0) is 25.2 Å². The highest BCUT2D eigenvalue weighted by atomic mass is 28.4. The quantitative estimate of drug-likeness (QED) is 0.122. The van der Waals surface area contributed by atoms with Crippen molar-refractivity contribution in [2.24, 2.45) is 0 Å². The zero-order valence-corrected chi connectivity index (χ0v) is 30.2. The lowest BCUT2D eigenvalue weighted by molar-refractivity contribution is -0.0469. The van der Waals surface area contributed by atoms with Gasteiger partial charge in [0.25, 0.3) is 0 Å². The van der Waals surface area contributed by atoms with Gasteiger partial charge in [0.15, 0.2) is 25.6 Å². The van der Waals surface area contributed by atoms with Gasteiger partial charge in [0.2, 0.25) is 0 Å². The molecule has 0 saturated carbocycles. The molecule has 1 amide bonds. The Morgan fingerprint density at radius 1 is 1.08 bits per heavy atom. The number of carbonyl (C=O) groups is 2. The lowest BCUT2D eigenvalue weighted by Gasteiger charge is -2.39. The number of carbonyl (C=O) groups excluding carboxylic acids is 2. The summed E-state index contributed by atoms with van der Waals surface area (Å²) in [6.45, 7) is 11.1. The topological polar surface area (TPSA) is 166 Å². The van der Waals surface area contributed by atoms with Crippen LogP contribution in [0.4, 0.5) is 21.1 Å². The number of hydrogen-bond acceptors (Lipinski definition) is 12. The van der Waals surface area contributed by atoms with Crippen molar-refractivity contribution in [1.82, 2.24) is 24.4 Å². The van der Waals surface area contributed by atoms with Crippen molar-refractivity contribution in [2.75, 3.05) is 25.1 Å². The van der Waals surface area contributed by atoms with Gasteiger partial charge in [0.1, 0.15) is 49.9 Å². The fourth-order valence-electron chi connectivity index (χ4n) is 5.28. The number of nitrogens with zero attached hydrogens (tertiary/aromatic N) is 4. The van der Waals surface area contributed by atoms with Crippen molar-refractivity contribution in [3.63, 3.8) is 0 Å². The number of hydrogen-bond donors (Lipinski definition) is 2. The summed E-state index contributed by atoms with van der Waals surface area (Å²) < 4.78 is 38.5. The number of benzene rings is 2. The molecule has 2 N–H and O–H groups in total.